The number of nitrogens with one attached hydrogen (secondary N) is 1. The molecular weight excluding hydrogens is 248 g/mol. The third kappa shape index (κ3) is 3.84. The molecule has 0 aliphatic rings. The van der Waals surface area contributed by atoms with Crippen LogP contribution < -0.4 is 5.32 Å². The number of fused-ring (bicyclic) bond motifs is 1. The number of rotatable bonds is 6. The standard InChI is InChI=1S/C17H26N2O/c1-5-18-13-15-8-6-7-14-9-10-19(16(14)15)11-12-20-17(2,3)4/h6-10,18H,5,11-13H2,1-4H3. The SMILES string of the molecule is CCNCc1cccc2ccn(CCOC(C)(C)C)c12. The fourth-order valence-corrected chi connectivity index (χ4v) is 2.38. The Bertz CT molecular complexity index is 552. The zero-order chi connectivity index (χ0) is 14.6. The molecule has 0 fully saturated rings. The average molecular weight is 274 g/mol. The Balaban J connectivity index is 2.16. The first-order valence-corrected chi connectivity index (χ1v) is 7.42. The lowest BCUT2D eigenvalue weighted by molar-refractivity contribution is -0.00645. The molecule has 1 N–H and O–H groups in total. The third-order valence-electron chi connectivity index (χ3n) is 3.30. The van der Waals surface area contributed by atoms with Crippen molar-refractivity contribution < 1.29 is 4.74 Å². The van der Waals surface area contributed by atoms with Crippen LogP contribution in [0.5, 0.6) is 0 Å². The molecule has 1 aromatic carbocycles. The van der Waals surface area contributed by atoms with Crippen LogP contribution in [0.1, 0.15) is 33.3 Å². The first-order valence-electron chi connectivity index (χ1n) is 7.42. The van der Waals surface area contributed by atoms with Gasteiger partial charge in [-0.05, 0) is 44.3 Å². The van der Waals surface area contributed by atoms with E-state index in [1.807, 2.05) is 0 Å². The number of nitrogens with zero attached hydrogens (tertiary/aromatic N) is 1. The summed E-state index contributed by atoms with van der Waals surface area (Å²) in [6.07, 6.45) is 2.16. The minimum absolute atomic E-state index is 0.0739. The van der Waals surface area contributed by atoms with Crippen LogP contribution in [-0.4, -0.2) is 23.3 Å². The van der Waals surface area contributed by atoms with Gasteiger partial charge in [-0.1, -0.05) is 25.1 Å². The number of para-hydroxylation sites is 1. The molecule has 0 atom stereocenters. The first-order chi connectivity index (χ1) is 9.51. The van der Waals surface area contributed by atoms with Crippen molar-refractivity contribution in [3.8, 4) is 0 Å². The van der Waals surface area contributed by atoms with E-state index >= 15 is 0 Å². The molecular formula is C17H26N2O. The summed E-state index contributed by atoms with van der Waals surface area (Å²) in [5.41, 5.74) is 2.60. The molecule has 0 radical (unpaired) electrons. The molecule has 0 saturated heterocycles. The van der Waals surface area contributed by atoms with Gasteiger partial charge in [-0.15, -0.1) is 0 Å². The predicted octanol–water partition coefficient (Wildman–Crippen LogP) is 3.57. The second kappa shape index (κ2) is 6.42. The third-order valence-corrected chi connectivity index (χ3v) is 3.30. The van der Waals surface area contributed by atoms with Crippen molar-refractivity contribution in [2.45, 2.75) is 46.4 Å². The maximum atomic E-state index is 5.84. The van der Waals surface area contributed by atoms with Crippen LogP contribution in [-0.2, 0) is 17.8 Å². The summed E-state index contributed by atoms with van der Waals surface area (Å²) in [7, 11) is 0. The lowest BCUT2D eigenvalue weighted by Gasteiger charge is -2.20. The topological polar surface area (TPSA) is 26.2 Å². The minimum Gasteiger partial charge on any atom is -0.374 e. The van der Waals surface area contributed by atoms with E-state index in [1.54, 1.807) is 0 Å². The highest BCUT2D eigenvalue weighted by Crippen LogP contribution is 2.20. The summed E-state index contributed by atoms with van der Waals surface area (Å²) in [4.78, 5) is 0. The lowest BCUT2D eigenvalue weighted by atomic mass is 10.1. The van der Waals surface area contributed by atoms with E-state index in [-0.39, 0.29) is 5.60 Å². The monoisotopic (exact) mass is 274 g/mol. The van der Waals surface area contributed by atoms with Gasteiger partial charge in [0, 0.05) is 19.3 Å². The number of hydrogen-bond donors (Lipinski definition) is 1. The Kier molecular flexibility index (Phi) is 4.84. The van der Waals surface area contributed by atoms with Crippen LogP contribution in [0.3, 0.4) is 0 Å². The van der Waals surface area contributed by atoms with E-state index in [0.717, 1.165) is 26.2 Å². The summed E-state index contributed by atoms with van der Waals surface area (Å²) >= 11 is 0. The molecule has 0 spiro atoms. The molecule has 2 aromatic rings. The van der Waals surface area contributed by atoms with Crippen molar-refractivity contribution in [1.29, 1.82) is 0 Å². The van der Waals surface area contributed by atoms with Crippen molar-refractivity contribution in [3.05, 3.63) is 36.0 Å². The molecule has 110 valence electrons. The Morgan fingerprint density at radius 1 is 1.20 bits per heavy atom. The summed E-state index contributed by atoms with van der Waals surface area (Å²) in [5.74, 6) is 0. The van der Waals surface area contributed by atoms with Gasteiger partial charge in [0.2, 0.25) is 0 Å². The molecule has 1 heterocycles. The molecule has 3 heteroatoms. The van der Waals surface area contributed by atoms with Crippen molar-refractivity contribution >= 4 is 10.9 Å². The van der Waals surface area contributed by atoms with Gasteiger partial charge in [-0.2, -0.15) is 0 Å². The largest absolute Gasteiger partial charge is 0.374 e. The van der Waals surface area contributed by atoms with E-state index in [2.05, 4.69) is 68.0 Å². The Hall–Kier alpha value is -1.32. The second-order valence-electron chi connectivity index (χ2n) is 6.11. The van der Waals surface area contributed by atoms with E-state index in [1.165, 1.54) is 16.5 Å². The Labute approximate surface area is 121 Å². The normalized spacial score (nSPS) is 12.2. The Morgan fingerprint density at radius 2 is 2.00 bits per heavy atom. The highest BCUT2D eigenvalue weighted by molar-refractivity contribution is 5.83. The fraction of sp³-hybridized carbons (Fsp3) is 0.529. The molecule has 3 nitrogen and oxygen atoms in total. The van der Waals surface area contributed by atoms with Crippen molar-refractivity contribution in [3.63, 3.8) is 0 Å². The van der Waals surface area contributed by atoms with Crippen LogP contribution >= 0.6 is 0 Å². The Morgan fingerprint density at radius 3 is 2.70 bits per heavy atom. The zero-order valence-corrected chi connectivity index (χ0v) is 13.1. The molecule has 0 unspecified atom stereocenters. The van der Waals surface area contributed by atoms with Gasteiger partial charge in [0.1, 0.15) is 0 Å². The summed E-state index contributed by atoms with van der Waals surface area (Å²) < 4.78 is 8.14. The summed E-state index contributed by atoms with van der Waals surface area (Å²) in [6, 6.07) is 8.69. The molecule has 0 aliphatic carbocycles. The maximum Gasteiger partial charge on any atom is 0.0652 e. The number of ether oxygens (including phenoxy) is 1. The minimum atomic E-state index is -0.0739. The van der Waals surface area contributed by atoms with Gasteiger partial charge in [0.25, 0.3) is 0 Å². The zero-order valence-electron chi connectivity index (χ0n) is 13.1. The van der Waals surface area contributed by atoms with Gasteiger partial charge in [0.15, 0.2) is 0 Å². The lowest BCUT2D eigenvalue weighted by Crippen LogP contribution is -2.22. The fourth-order valence-electron chi connectivity index (χ4n) is 2.38. The number of hydrogen-bond acceptors (Lipinski definition) is 2. The molecule has 0 saturated carbocycles. The van der Waals surface area contributed by atoms with Crippen LogP contribution in [0.4, 0.5) is 0 Å². The molecule has 0 aliphatic heterocycles. The molecule has 0 amide bonds. The highest BCUT2D eigenvalue weighted by atomic mass is 16.5. The van der Waals surface area contributed by atoms with Crippen LogP contribution in [0.25, 0.3) is 10.9 Å². The van der Waals surface area contributed by atoms with Gasteiger partial charge >= 0.3 is 0 Å². The van der Waals surface area contributed by atoms with E-state index in [0.29, 0.717) is 0 Å². The van der Waals surface area contributed by atoms with E-state index < -0.39 is 0 Å². The quantitative estimate of drug-likeness (QED) is 0.871. The van der Waals surface area contributed by atoms with Gasteiger partial charge in [-0.25, -0.2) is 0 Å². The average Bonchev–Trinajstić information content (AvgIpc) is 2.79. The van der Waals surface area contributed by atoms with Crippen LogP contribution in [0.15, 0.2) is 30.5 Å². The number of benzene rings is 1. The van der Waals surface area contributed by atoms with Crippen LogP contribution in [0.2, 0.25) is 0 Å². The van der Waals surface area contributed by atoms with Crippen molar-refractivity contribution in [2.75, 3.05) is 13.2 Å². The smallest absolute Gasteiger partial charge is 0.0652 e. The number of aromatic nitrogens is 1. The second-order valence-corrected chi connectivity index (χ2v) is 6.11. The van der Waals surface area contributed by atoms with E-state index in [9.17, 15) is 0 Å². The summed E-state index contributed by atoms with van der Waals surface area (Å²) in [5, 5.41) is 4.71. The van der Waals surface area contributed by atoms with Gasteiger partial charge < -0.3 is 14.6 Å². The highest BCUT2D eigenvalue weighted by Gasteiger charge is 2.11. The first kappa shape index (κ1) is 15.1. The molecule has 2 rings (SSSR count). The van der Waals surface area contributed by atoms with Crippen molar-refractivity contribution in [2.24, 2.45) is 0 Å². The summed E-state index contributed by atoms with van der Waals surface area (Å²) in [6.45, 7) is 12.0. The van der Waals surface area contributed by atoms with E-state index in [4.69, 9.17) is 4.74 Å². The van der Waals surface area contributed by atoms with Crippen LogP contribution in [0, 0.1) is 0 Å². The predicted molar refractivity (Wildman–Crippen MR) is 85.0 cm³/mol. The maximum absolute atomic E-state index is 5.84. The molecule has 0 bridgehead atoms. The van der Waals surface area contributed by atoms with Crippen molar-refractivity contribution in [1.82, 2.24) is 9.88 Å². The molecule has 20 heavy (non-hydrogen) atoms. The van der Waals surface area contributed by atoms with Gasteiger partial charge in [0.05, 0.1) is 17.7 Å². The van der Waals surface area contributed by atoms with Gasteiger partial charge in [-0.3, -0.25) is 0 Å². The molecule has 1 aromatic heterocycles.